The van der Waals surface area contributed by atoms with E-state index in [-0.39, 0.29) is 40.8 Å². The SMILES string of the molecule is CC(=O)O[C@H]1CC[C@@]2(C)[C@@H](CC[C@@H]3[C@@H]2CC(=O)[C@]2(C)[C@H]4[C@H](C[C@@H]32)O[C@]2(CC[C@@H](C)CO2)[C@H]4C)C1. The number of rotatable bonds is 1. The zero-order valence-corrected chi connectivity index (χ0v) is 21.8. The third kappa shape index (κ3) is 3.11. The molecule has 6 aliphatic rings. The molecule has 0 aromatic heterocycles. The van der Waals surface area contributed by atoms with Crippen molar-refractivity contribution in [2.45, 2.75) is 110 Å². The molecule has 0 amide bonds. The maximum absolute atomic E-state index is 14.1. The zero-order chi connectivity index (χ0) is 24.0. The highest BCUT2D eigenvalue weighted by Crippen LogP contribution is 2.70. The highest BCUT2D eigenvalue weighted by molar-refractivity contribution is 5.87. The number of Topliss-reactive ketones (excluding diaryl/α,β-unsaturated/α-hetero) is 1. The van der Waals surface area contributed by atoms with E-state index in [1.165, 1.54) is 19.8 Å². The Morgan fingerprint density at radius 1 is 1.03 bits per heavy atom. The third-order valence-corrected chi connectivity index (χ3v) is 12.1. The van der Waals surface area contributed by atoms with Crippen LogP contribution in [0.4, 0.5) is 0 Å². The summed E-state index contributed by atoms with van der Waals surface area (Å²) in [7, 11) is 0. The number of ether oxygens (including phenoxy) is 3. The van der Waals surface area contributed by atoms with Crippen molar-refractivity contribution < 1.29 is 23.8 Å². The van der Waals surface area contributed by atoms with Crippen LogP contribution in [0.5, 0.6) is 0 Å². The largest absolute Gasteiger partial charge is 0.463 e. The lowest BCUT2D eigenvalue weighted by Crippen LogP contribution is -2.58. The molecule has 0 N–H and O–H groups in total. The molecule has 6 fully saturated rings. The summed E-state index contributed by atoms with van der Waals surface area (Å²) in [5, 5.41) is 0. The topological polar surface area (TPSA) is 61.8 Å². The normalized spacial score (nSPS) is 56.4. The summed E-state index contributed by atoms with van der Waals surface area (Å²) >= 11 is 0. The van der Waals surface area contributed by atoms with Gasteiger partial charge >= 0.3 is 5.97 Å². The average Bonchev–Trinajstić information content (AvgIpc) is 3.23. The summed E-state index contributed by atoms with van der Waals surface area (Å²) in [5.41, 5.74) is -0.0934. The molecular formula is C29H44O5. The summed E-state index contributed by atoms with van der Waals surface area (Å²) in [4.78, 5) is 25.7. The average molecular weight is 473 g/mol. The molecule has 0 unspecified atom stereocenters. The number of fused-ring (bicyclic) bond motifs is 7. The second-order valence-electron chi connectivity index (χ2n) is 13.5. The molecule has 4 saturated carbocycles. The van der Waals surface area contributed by atoms with Crippen molar-refractivity contribution in [2.24, 2.45) is 52.3 Å². The van der Waals surface area contributed by atoms with E-state index in [4.69, 9.17) is 14.2 Å². The maximum atomic E-state index is 14.1. The first-order chi connectivity index (χ1) is 16.1. The van der Waals surface area contributed by atoms with E-state index >= 15 is 0 Å². The summed E-state index contributed by atoms with van der Waals surface area (Å²) in [5.74, 6) is 3.07. The van der Waals surface area contributed by atoms with Gasteiger partial charge in [0.1, 0.15) is 11.9 Å². The van der Waals surface area contributed by atoms with Crippen molar-refractivity contribution in [3.05, 3.63) is 0 Å². The van der Waals surface area contributed by atoms with E-state index in [1.54, 1.807) is 0 Å². The Labute approximate surface area is 205 Å². The van der Waals surface area contributed by atoms with Gasteiger partial charge in [0, 0.05) is 37.0 Å². The summed E-state index contributed by atoms with van der Waals surface area (Å²) < 4.78 is 18.8. The van der Waals surface area contributed by atoms with E-state index in [2.05, 4.69) is 27.7 Å². The molecule has 0 aromatic rings. The fraction of sp³-hybridized carbons (Fsp3) is 0.931. The van der Waals surface area contributed by atoms with E-state index < -0.39 is 5.79 Å². The lowest BCUT2D eigenvalue weighted by Gasteiger charge is -2.60. The van der Waals surface area contributed by atoms with Crippen LogP contribution in [0.25, 0.3) is 0 Å². The Morgan fingerprint density at radius 2 is 1.82 bits per heavy atom. The van der Waals surface area contributed by atoms with Gasteiger partial charge in [-0.25, -0.2) is 0 Å². The second-order valence-corrected chi connectivity index (χ2v) is 13.5. The first kappa shape index (κ1) is 23.5. The molecule has 2 aliphatic heterocycles. The maximum Gasteiger partial charge on any atom is 0.302 e. The van der Waals surface area contributed by atoms with Gasteiger partial charge in [0.2, 0.25) is 0 Å². The molecule has 0 aromatic carbocycles. The Morgan fingerprint density at radius 3 is 2.53 bits per heavy atom. The van der Waals surface area contributed by atoms with Gasteiger partial charge in [0.15, 0.2) is 5.79 Å². The monoisotopic (exact) mass is 472 g/mol. The van der Waals surface area contributed by atoms with E-state index in [1.807, 2.05) is 0 Å². The molecule has 190 valence electrons. The van der Waals surface area contributed by atoms with Crippen molar-refractivity contribution in [1.82, 2.24) is 0 Å². The molecule has 2 saturated heterocycles. The predicted octanol–water partition coefficient (Wildman–Crippen LogP) is 5.54. The Balaban J connectivity index is 1.25. The molecular weight excluding hydrogens is 428 g/mol. The van der Waals surface area contributed by atoms with Gasteiger partial charge < -0.3 is 14.2 Å². The number of hydrogen-bond acceptors (Lipinski definition) is 5. The van der Waals surface area contributed by atoms with Crippen LogP contribution in [0.2, 0.25) is 0 Å². The standard InChI is InChI=1S/C29H44O5/c1-16-8-11-29(32-15-16)17(2)26-24(34-29)13-23-21-7-6-19-12-20(33-18(3)30)9-10-27(19,4)22(21)14-25(31)28(23,26)5/h16-17,19-24,26H,6-15H2,1-5H3/t16-,17+,19+,20+,21-,22+,23+,24+,26-,27+,28-,29-/m1/s1. The van der Waals surface area contributed by atoms with Crippen molar-refractivity contribution in [1.29, 1.82) is 0 Å². The lowest BCUT2D eigenvalue weighted by molar-refractivity contribution is -0.272. The molecule has 1 spiro atoms. The Kier molecular flexibility index (Phi) is 5.37. The van der Waals surface area contributed by atoms with Gasteiger partial charge in [-0.15, -0.1) is 0 Å². The Bertz CT molecular complexity index is 861. The quantitative estimate of drug-likeness (QED) is 0.469. The Hall–Kier alpha value is -0.940. The molecule has 2 heterocycles. The summed E-state index contributed by atoms with van der Waals surface area (Å²) in [6, 6.07) is 0. The molecule has 6 rings (SSSR count). The van der Waals surface area contributed by atoms with Crippen molar-refractivity contribution in [3.63, 3.8) is 0 Å². The molecule has 12 atom stereocenters. The molecule has 0 radical (unpaired) electrons. The van der Waals surface area contributed by atoms with E-state index in [0.29, 0.717) is 35.4 Å². The van der Waals surface area contributed by atoms with Crippen LogP contribution in [0, 0.1) is 52.3 Å². The van der Waals surface area contributed by atoms with Crippen LogP contribution in [0.15, 0.2) is 0 Å². The molecule has 4 aliphatic carbocycles. The number of hydrogen-bond donors (Lipinski definition) is 0. The lowest BCUT2D eigenvalue weighted by atomic mass is 9.44. The molecule has 5 heteroatoms. The number of carbonyl (C=O) groups excluding carboxylic acids is 2. The van der Waals surface area contributed by atoms with Gasteiger partial charge in [-0.1, -0.05) is 27.7 Å². The first-order valence-electron chi connectivity index (χ1n) is 14.1. The molecule has 34 heavy (non-hydrogen) atoms. The summed E-state index contributed by atoms with van der Waals surface area (Å²) in [6.45, 7) is 11.6. The number of esters is 1. The number of ketones is 1. The zero-order valence-electron chi connectivity index (χ0n) is 21.8. The van der Waals surface area contributed by atoms with Crippen LogP contribution in [0.3, 0.4) is 0 Å². The fourth-order valence-corrected chi connectivity index (χ4v) is 10.3. The van der Waals surface area contributed by atoms with Crippen LogP contribution < -0.4 is 0 Å². The van der Waals surface area contributed by atoms with Gasteiger partial charge in [-0.05, 0) is 80.0 Å². The smallest absolute Gasteiger partial charge is 0.302 e. The van der Waals surface area contributed by atoms with E-state index in [9.17, 15) is 9.59 Å². The van der Waals surface area contributed by atoms with Crippen LogP contribution >= 0.6 is 0 Å². The first-order valence-corrected chi connectivity index (χ1v) is 14.1. The second kappa shape index (κ2) is 7.78. The number of carbonyl (C=O) groups is 2. The van der Waals surface area contributed by atoms with Crippen LogP contribution in [0.1, 0.15) is 92.4 Å². The van der Waals surface area contributed by atoms with Gasteiger partial charge in [-0.3, -0.25) is 9.59 Å². The molecule has 0 bridgehead atoms. The highest BCUT2D eigenvalue weighted by atomic mass is 16.7. The fourth-order valence-electron chi connectivity index (χ4n) is 10.3. The predicted molar refractivity (Wildman–Crippen MR) is 128 cm³/mol. The van der Waals surface area contributed by atoms with Gasteiger partial charge in [0.05, 0.1) is 12.7 Å². The van der Waals surface area contributed by atoms with Crippen molar-refractivity contribution in [2.75, 3.05) is 6.61 Å². The van der Waals surface area contributed by atoms with E-state index in [0.717, 1.165) is 51.6 Å². The van der Waals surface area contributed by atoms with Crippen LogP contribution in [-0.2, 0) is 23.8 Å². The van der Waals surface area contributed by atoms with Crippen LogP contribution in [-0.4, -0.2) is 36.4 Å². The van der Waals surface area contributed by atoms with Gasteiger partial charge in [0.25, 0.3) is 0 Å². The minimum atomic E-state index is -0.467. The van der Waals surface area contributed by atoms with Gasteiger partial charge in [-0.2, -0.15) is 0 Å². The molecule has 5 nitrogen and oxygen atoms in total. The minimum Gasteiger partial charge on any atom is -0.463 e. The summed E-state index contributed by atoms with van der Waals surface area (Å²) in [6.07, 6.45) is 9.47. The van der Waals surface area contributed by atoms with Crippen molar-refractivity contribution >= 4 is 11.8 Å². The third-order valence-electron chi connectivity index (χ3n) is 12.1. The highest BCUT2D eigenvalue weighted by Gasteiger charge is 2.71. The minimum absolute atomic E-state index is 0.0613. The van der Waals surface area contributed by atoms with Crippen molar-refractivity contribution in [3.8, 4) is 0 Å².